The van der Waals surface area contributed by atoms with Crippen LogP contribution in [0, 0.1) is 30.1 Å². The maximum atomic E-state index is 9.40. The minimum Gasteiger partial charge on any atom is -0.419 e. The van der Waals surface area contributed by atoms with Crippen LogP contribution in [0.3, 0.4) is 0 Å². The van der Waals surface area contributed by atoms with Gasteiger partial charge in [0.15, 0.2) is 0 Å². The van der Waals surface area contributed by atoms with Crippen LogP contribution in [0.15, 0.2) is 28.7 Å². The van der Waals surface area contributed by atoms with Gasteiger partial charge in [0, 0.05) is 18.7 Å². The van der Waals surface area contributed by atoms with Crippen molar-refractivity contribution < 1.29 is 4.42 Å². The minimum absolute atomic E-state index is 0.387. The first kappa shape index (κ1) is 14.6. The van der Waals surface area contributed by atoms with Gasteiger partial charge in [-0.1, -0.05) is 31.5 Å². The molecular formula is C18H21N3O. The lowest BCUT2D eigenvalue weighted by atomic mass is 9.92. The zero-order valence-corrected chi connectivity index (χ0v) is 13.3. The number of benzene rings is 1. The molecule has 0 spiro atoms. The maximum Gasteiger partial charge on any atom is 0.235 e. The van der Waals surface area contributed by atoms with Gasteiger partial charge in [0.25, 0.3) is 0 Å². The summed E-state index contributed by atoms with van der Waals surface area (Å²) in [5.74, 6) is 2.35. The Morgan fingerprint density at radius 3 is 2.64 bits per heavy atom. The van der Waals surface area contributed by atoms with Gasteiger partial charge in [-0.25, -0.2) is 0 Å². The summed E-state index contributed by atoms with van der Waals surface area (Å²) in [7, 11) is 0. The van der Waals surface area contributed by atoms with Crippen molar-refractivity contribution in [2.75, 3.05) is 18.0 Å². The predicted molar refractivity (Wildman–Crippen MR) is 86.5 cm³/mol. The van der Waals surface area contributed by atoms with E-state index in [4.69, 9.17) is 4.42 Å². The van der Waals surface area contributed by atoms with Crippen molar-refractivity contribution in [1.29, 1.82) is 5.26 Å². The number of aryl methyl sites for hydroxylation is 1. The second kappa shape index (κ2) is 5.84. The predicted octanol–water partition coefficient (Wildman–Crippen LogP) is 4.00. The SMILES string of the molecule is Cc1cccc(-c2nc(C#N)c(N3CC(C)CC(C)C3)o2)c1. The number of hydrogen-bond acceptors (Lipinski definition) is 4. The van der Waals surface area contributed by atoms with Crippen LogP contribution in [-0.2, 0) is 0 Å². The Balaban J connectivity index is 1.97. The molecule has 4 nitrogen and oxygen atoms in total. The standard InChI is InChI=1S/C18H21N3O/c1-12-5-4-6-15(8-12)17-20-16(9-19)18(22-17)21-10-13(2)7-14(3)11-21/h4-6,8,13-14H,7,10-11H2,1-3H3. The Hall–Kier alpha value is -2.28. The summed E-state index contributed by atoms with van der Waals surface area (Å²) in [5.41, 5.74) is 2.45. The average molecular weight is 295 g/mol. The second-order valence-electron chi connectivity index (χ2n) is 6.51. The summed E-state index contributed by atoms with van der Waals surface area (Å²) in [6.07, 6.45) is 1.22. The van der Waals surface area contributed by atoms with E-state index < -0.39 is 0 Å². The molecule has 114 valence electrons. The van der Waals surface area contributed by atoms with Crippen LogP contribution in [0.25, 0.3) is 11.5 Å². The van der Waals surface area contributed by atoms with Crippen LogP contribution in [0.5, 0.6) is 0 Å². The third-order valence-corrected chi connectivity index (χ3v) is 4.14. The van der Waals surface area contributed by atoms with Crippen molar-refractivity contribution >= 4 is 5.88 Å². The lowest BCUT2D eigenvalue weighted by molar-refractivity contribution is 0.344. The highest BCUT2D eigenvalue weighted by molar-refractivity contribution is 5.60. The first-order chi connectivity index (χ1) is 10.6. The van der Waals surface area contributed by atoms with Crippen LogP contribution in [-0.4, -0.2) is 18.1 Å². The van der Waals surface area contributed by atoms with E-state index in [0.29, 0.717) is 29.3 Å². The summed E-state index contributed by atoms with van der Waals surface area (Å²) in [6.45, 7) is 8.36. The molecule has 0 radical (unpaired) electrons. The zero-order chi connectivity index (χ0) is 15.7. The van der Waals surface area contributed by atoms with E-state index in [1.807, 2.05) is 31.2 Å². The molecule has 1 aromatic carbocycles. The van der Waals surface area contributed by atoms with E-state index in [1.165, 1.54) is 6.42 Å². The molecule has 3 rings (SSSR count). The fourth-order valence-electron chi connectivity index (χ4n) is 3.33. The molecule has 0 bridgehead atoms. The average Bonchev–Trinajstić information content (AvgIpc) is 2.90. The number of nitrogens with zero attached hydrogens (tertiary/aromatic N) is 3. The molecule has 2 aromatic rings. The van der Waals surface area contributed by atoms with E-state index in [-0.39, 0.29) is 0 Å². The minimum atomic E-state index is 0.387. The molecule has 1 aliphatic heterocycles. The van der Waals surface area contributed by atoms with E-state index in [9.17, 15) is 5.26 Å². The van der Waals surface area contributed by atoms with E-state index >= 15 is 0 Å². The highest BCUT2D eigenvalue weighted by Gasteiger charge is 2.27. The summed E-state index contributed by atoms with van der Waals surface area (Å²) in [5, 5.41) is 9.40. The van der Waals surface area contributed by atoms with E-state index in [1.54, 1.807) is 0 Å². The van der Waals surface area contributed by atoms with Crippen LogP contribution in [0.4, 0.5) is 5.88 Å². The molecule has 2 heterocycles. The Morgan fingerprint density at radius 2 is 2.00 bits per heavy atom. The number of anilines is 1. The molecule has 0 aliphatic carbocycles. The van der Waals surface area contributed by atoms with Crippen molar-refractivity contribution in [3.05, 3.63) is 35.5 Å². The number of oxazole rings is 1. The van der Waals surface area contributed by atoms with E-state index in [0.717, 1.165) is 24.2 Å². The molecule has 22 heavy (non-hydrogen) atoms. The number of aromatic nitrogens is 1. The normalized spacial score (nSPS) is 21.6. The Labute approximate surface area is 131 Å². The number of piperidine rings is 1. The highest BCUT2D eigenvalue weighted by Crippen LogP contribution is 2.32. The molecule has 0 N–H and O–H groups in total. The lowest BCUT2D eigenvalue weighted by Gasteiger charge is -2.34. The van der Waals surface area contributed by atoms with Crippen LogP contribution >= 0.6 is 0 Å². The number of hydrogen-bond donors (Lipinski definition) is 0. The molecule has 4 heteroatoms. The van der Waals surface area contributed by atoms with Crippen molar-refractivity contribution in [2.24, 2.45) is 11.8 Å². The van der Waals surface area contributed by atoms with Gasteiger partial charge < -0.3 is 9.32 Å². The largest absolute Gasteiger partial charge is 0.419 e. The Bertz CT molecular complexity index is 703. The molecular weight excluding hydrogens is 274 g/mol. The number of rotatable bonds is 2. The third-order valence-electron chi connectivity index (χ3n) is 4.14. The van der Waals surface area contributed by atoms with Crippen molar-refractivity contribution in [2.45, 2.75) is 27.2 Å². The van der Waals surface area contributed by atoms with Crippen LogP contribution in [0.2, 0.25) is 0 Å². The van der Waals surface area contributed by atoms with Gasteiger partial charge in [-0.15, -0.1) is 0 Å². The molecule has 2 unspecified atom stereocenters. The summed E-state index contributed by atoms with van der Waals surface area (Å²) >= 11 is 0. The number of nitriles is 1. The van der Waals surface area contributed by atoms with Crippen molar-refractivity contribution in [3.8, 4) is 17.5 Å². The summed E-state index contributed by atoms with van der Waals surface area (Å²) < 4.78 is 5.98. The van der Waals surface area contributed by atoms with Gasteiger partial charge >= 0.3 is 0 Å². The van der Waals surface area contributed by atoms with E-state index in [2.05, 4.69) is 29.8 Å². The van der Waals surface area contributed by atoms with Crippen molar-refractivity contribution in [1.82, 2.24) is 4.98 Å². The summed E-state index contributed by atoms with van der Waals surface area (Å²) in [4.78, 5) is 6.57. The third kappa shape index (κ3) is 2.85. The highest BCUT2D eigenvalue weighted by atomic mass is 16.4. The Morgan fingerprint density at radius 1 is 1.27 bits per heavy atom. The molecule has 0 saturated carbocycles. The van der Waals surface area contributed by atoms with Gasteiger partial charge in [0.05, 0.1) is 0 Å². The molecule has 0 amide bonds. The summed E-state index contributed by atoms with van der Waals surface area (Å²) in [6, 6.07) is 10.2. The smallest absolute Gasteiger partial charge is 0.235 e. The molecule has 1 aliphatic rings. The van der Waals surface area contributed by atoms with Crippen LogP contribution < -0.4 is 4.90 Å². The Kier molecular flexibility index (Phi) is 3.89. The molecule has 1 aromatic heterocycles. The first-order valence-corrected chi connectivity index (χ1v) is 7.79. The molecule has 1 fully saturated rings. The molecule has 1 saturated heterocycles. The quantitative estimate of drug-likeness (QED) is 0.840. The van der Waals surface area contributed by atoms with Crippen molar-refractivity contribution in [3.63, 3.8) is 0 Å². The molecule has 2 atom stereocenters. The van der Waals surface area contributed by atoms with Gasteiger partial charge in [0.2, 0.25) is 17.5 Å². The lowest BCUT2D eigenvalue weighted by Crippen LogP contribution is -2.38. The first-order valence-electron chi connectivity index (χ1n) is 7.79. The topological polar surface area (TPSA) is 53.1 Å². The monoisotopic (exact) mass is 295 g/mol. The fraction of sp³-hybridized carbons (Fsp3) is 0.444. The van der Waals surface area contributed by atoms with Crippen LogP contribution in [0.1, 0.15) is 31.5 Å². The van der Waals surface area contributed by atoms with Gasteiger partial charge in [0.1, 0.15) is 6.07 Å². The zero-order valence-electron chi connectivity index (χ0n) is 13.3. The second-order valence-corrected chi connectivity index (χ2v) is 6.51. The van der Waals surface area contributed by atoms with Gasteiger partial charge in [-0.05, 0) is 37.3 Å². The van der Waals surface area contributed by atoms with Gasteiger partial charge in [-0.2, -0.15) is 10.2 Å². The van der Waals surface area contributed by atoms with Gasteiger partial charge in [-0.3, -0.25) is 0 Å². The maximum absolute atomic E-state index is 9.40. The fourth-order valence-corrected chi connectivity index (χ4v) is 3.33.